The van der Waals surface area contributed by atoms with Crippen molar-refractivity contribution >= 4 is 21.8 Å². The second-order valence-electron chi connectivity index (χ2n) is 7.15. The fourth-order valence-electron chi connectivity index (χ4n) is 3.75. The third kappa shape index (κ3) is 2.93. The highest BCUT2D eigenvalue weighted by molar-refractivity contribution is 6.01. The zero-order chi connectivity index (χ0) is 20.8. The minimum absolute atomic E-state index is 0.269. The molecule has 6 rings (SSSR count). The number of fused-ring (bicyclic) bond motifs is 2. The summed E-state index contributed by atoms with van der Waals surface area (Å²) in [6.45, 7) is 0. The molecular formula is C23H14FN7. The zero-order valence-corrected chi connectivity index (χ0v) is 16.0. The Morgan fingerprint density at radius 3 is 2.42 bits per heavy atom. The molecule has 5 aromatic heterocycles. The summed E-state index contributed by atoms with van der Waals surface area (Å²) in [5.41, 5.74) is 6.73. The van der Waals surface area contributed by atoms with Crippen molar-refractivity contribution in [3.63, 3.8) is 0 Å². The number of halogens is 1. The van der Waals surface area contributed by atoms with Crippen LogP contribution in [0.4, 0.5) is 4.39 Å². The van der Waals surface area contributed by atoms with E-state index in [1.54, 1.807) is 43.1 Å². The van der Waals surface area contributed by atoms with E-state index in [0.29, 0.717) is 0 Å². The van der Waals surface area contributed by atoms with Gasteiger partial charge in [-0.1, -0.05) is 12.1 Å². The smallest absolute Gasteiger partial charge is 0.123 e. The molecule has 0 saturated heterocycles. The van der Waals surface area contributed by atoms with E-state index >= 15 is 0 Å². The van der Waals surface area contributed by atoms with Gasteiger partial charge in [-0.3, -0.25) is 15.1 Å². The van der Waals surface area contributed by atoms with Crippen LogP contribution in [0.2, 0.25) is 0 Å². The Morgan fingerprint density at radius 1 is 0.742 bits per heavy atom. The Hall–Kier alpha value is -4.46. The van der Waals surface area contributed by atoms with E-state index in [1.165, 1.54) is 18.5 Å². The van der Waals surface area contributed by atoms with Crippen molar-refractivity contribution in [3.05, 3.63) is 79.5 Å². The fraction of sp³-hybridized carbons (Fsp3) is 0. The summed E-state index contributed by atoms with van der Waals surface area (Å²) in [4.78, 5) is 20.4. The predicted molar refractivity (Wildman–Crippen MR) is 115 cm³/mol. The number of aromatic amines is 2. The number of benzene rings is 1. The number of aromatic nitrogens is 7. The standard InChI is InChI=1S/C23H14FN7/c24-15-3-1-13(2-4-15)18-9-25-10-21-16(18)5-20(29-21)23-17-6-19(14-7-26-12-27-8-14)28-11-22(17)30-31-23/h1-12,29H,(H,30,31). The molecule has 5 heterocycles. The minimum Gasteiger partial charge on any atom is -0.352 e. The number of nitrogens with one attached hydrogen (secondary N) is 2. The minimum atomic E-state index is -0.269. The van der Waals surface area contributed by atoms with Gasteiger partial charge in [-0.15, -0.1) is 0 Å². The molecule has 0 saturated carbocycles. The lowest BCUT2D eigenvalue weighted by molar-refractivity contribution is 0.628. The van der Waals surface area contributed by atoms with E-state index in [9.17, 15) is 4.39 Å². The van der Waals surface area contributed by atoms with Gasteiger partial charge in [0.15, 0.2) is 0 Å². The normalized spacial score (nSPS) is 11.4. The van der Waals surface area contributed by atoms with Gasteiger partial charge in [0, 0.05) is 40.5 Å². The molecule has 8 heteroatoms. The van der Waals surface area contributed by atoms with Crippen LogP contribution in [-0.2, 0) is 0 Å². The summed E-state index contributed by atoms with van der Waals surface area (Å²) < 4.78 is 13.4. The van der Waals surface area contributed by atoms with Crippen LogP contribution < -0.4 is 0 Å². The Labute approximate surface area is 175 Å². The molecule has 0 bridgehead atoms. The van der Waals surface area contributed by atoms with Crippen molar-refractivity contribution in [2.24, 2.45) is 0 Å². The molecule has 0 aliphatic heterocycles. The summed E-state index contributed by atoms with van der Waals surface area (Å²) in [5.74, 6) is -0.269. The lowest BCUT2D eigenvalue weighted by Gasteiger charge is -2.02. The van der Waals surface area contributed by atoms with Gasteiger partial charge in [-0.05, 0) is 29.8 Å². The zero-order valence-electron chi connectivity index (χ0n) is 16.0. The molecule has 0 spiro atoms. The van der Waals surface area contributed by atoms with Crippen LogP contribution >= 0.6 is 0 Å². The maximum Gasteiger partial charge on any atom is 0.123 e. The van der Waals surface area contributed by atoms with Gasteiger partial charge in [0.1, 0.15) is 17.8 Å². The van der Waals surface area contributed by atoms with Gasteiger partial charge in [0.2, 0.25) is 0 Å². The fourth-order valence-corrected chi connectivity index (χ4v) is 3.75. The Balaban J connectivity index is 1.51. The van der Waals surface area contributed by atoms with Gasteiger partial charge in [0.05, 0.1) is 34.8 Å². The van der Waals surface area contributed by atoms with Crippen molar-refractivity contribution < 1.29 is 4.39 Å². The molecule has 0 atom stereocenters. The lowest BCUT2D eigenvalue weighted by Crippen LogP contribution is -1.86. The number of hydrogen-bond donors (Lipinski definition) is 2. The van der Waals surface area contributed by atoms with E-state index in [1.807, 2.05) is 12.1 Å². The lowest BCUT2D eigenvalue weighted by atomic mass is 10.0. The van der Waals surface area contributed by atoms with Gasteiger partial charge in [0.25, 0.3) is 0 Å². The highest BCUT2D eigenvalue weighted by atomic mass is 19.1. The quantitative estimate of drug-likeness (QED) is 0.441. The van der Waals surface area contributed by atoms with E-state index in [2.05, 4.69) is 35.1 Å². The van der Waals surface area contributed by atoms with Gasteiger partial charge in [-0.2, -0.15) is 5.10 Å². The first-order valence-corrected chi connectivity index (χ1v) is 9.59. The van der Waals surface area contributed by atoms with Crippen molar-refractivity contribution in [2.75, 3.05) is 0 Å². The Kier molecular flexibility index (Phi) is 3.82. The van der Waals surface area contributed by atoms with Gasteiger partial charge < -0.3 is 4.98 Å². The molecule has 2 N–H and O–H groups in total. The SMILES string of the molecule is Fc1ccc(-c2cncc3[nH]c(-c4n[nH]c5cnc(-c6cncnc6)cc45)cc23)cc1. The summed E-state index contributed by atoms with van der Waals surface area (Å²) in [7, 11) is 0. The molecule has 0 amide bonds. The maximum absolute atomic E-state index is 13.4. The summed E-state index contributed by atoms with van der Waals surface area (Å²) in [6.07, 6.45) is 10.3. The third-order valence-corrected chi connectivity index (χ3v) is 5.26. The monoisotopic (exact) mass is 407 g/mol. The molecule has 31 heavy (non-hydrogen) atoms. The molecular weight excluding hydrogens is 393 g/mol. The topological polar surface area (TPSA) is 96.0 Å². The van der Waals surface area contributed by atoms with E-state index < -0.39 is 0 Å². The first kappa shape index (κ1) is 17.4. The first-order valence-electron chi connectivity index (χ1n) is 9.59. The largest absolute Gasteiger partial charge is 0.352 e. The summed E-state index contributed by atoms with van der Waals surface area (Å²) in [5, 5.41) is 9.47. The number of hydrogen-bond acceptors (Lipinski definition) is 5. The van der Waals surface area contributed by atoms with Crippen molar-refractivity contribution in [2.45, 2.75) is 0 Å². The van der Waals surface area contributed by atoms with Crippen LogP contribution in [0.1, 0.15) is 0 Å². The van der Waals surface area contributed by atoms with Crippen LogP contribution in [0, 0.1) is 5.82 Å². The third-order valence-electron chi connectivity index (χ3n) is 5.26. The van der Waals surface area contributed by atoms with E-state index in [0.717, 1.165) is 55.6 Å². The Bertz CT molecular complexity index is 1540. The molecule has 7 nitrogen and oxygen atoms in total. The molecule has 1 aromatic carbocycles. The Morgan fingerprint density at radius 2 is 1.58 bits per heavy atom. The number of pyridine rings is 2. The van der Waals surface area contributed by atoms with Crippen LogP contribution in [0.25, 0.3) is 55.6 Å². The molecule has 148 valence electrons. The van der Waals surface area contributed by atoms with Crippen LogP contribution in [0.5, 0.6) is 0 Å². The second kappa shape index (κ2) is 6.81. The molecule has 0 aliphatic rings. The van der Waals surface area contributed by atoms with Crippen LogP contribution in [0.15, 0.2) is 73.7 Å². The highest BCUT2D eigenvalue weighted by Crippen LogP contribution is 2.34. The van der Waals surface area contributed by atoms with Crippen molar-refractivity contribution in [1.82, 2.24) is 35.1 Å². The highest BCUT2D eigenvalue weighted by Gasteiger charge is 2.15. The molecule has 6 aromatic rings. The number of nitrogens with zero attached hydrogens (tertiary/aromatic N) is 5. The average molecular weight is 407 g/mol. The van der Waals surface area contributed by atoms with Gasteiger partial charge in [-0.25, -0.2) is 14.4 Å². The number of H-pyrrole nitrogens is 2. The van der Waals surface area contributed by atoms with Crippen molar-refractivity contribution in [3.8, 4) is 33.8 Å². The van der Waals surface area contributed by atoms with E-state index in [-0.39, 0.29) is 5.82 Å². The molecule has 0 unspecified atom stereocenters. The summed E-state index contributed by atoms with van der Waals surface area (Å²) in [6, 6.07) is 10.4. The molecule has 0 fully saturated rings. The van der Waals surface area contributed by atoms with Gasteiger partial charge >= 0.3 is 0 Å². The van der Waals surface area contributed by atoms with E-state index in [4.69, 9.17) is 0 Å². The predicted octanol–water partition coefficient (Wildman–Crippen LogP) is 4.76. The van der Waals surface area contributed by atoms with Crippen LogP contribution in [-0.4, -0.2) is 35.1 Å². The number of rotatable bonds is 3. The second-order valence-corrected chi connectivity index (χ2v) is 7.15. The average Bonchev–Trinajstić information content (AvgIpc) is 3.43. The first-order chi connectivity index (χ1) is 15.3. The van der Waals surface area contributed by atoms with Crippen molar-refractivity contribution in [1.29, 1.82) is 0 Å². The van der Waals surface area contributed by atoms with Crippen LogP contribution in [0.3, 0.4) is 0 Å². The maximum atomic E-state index is 13.4. The summed E-state index contributed by atoms with van der Waals surface area (Å²) >= 11 is 0. The molecule has 0 radical (unpaired) electrons. The molecule has 0 aliphatic carbocycles.